The lowest BCUT2D eigenvalue weighted by molar-refractivity contribution is -0.384. The number of nitro groups is 1. The van der Waals surface area contributed by atoms with Crippen LogP contribution in [0, 0.1) is 10.1 Å². The van der Waals surface area contributed by atoms with E-state index in [9.17, 15) is 10.1 Å². The Bertz CT molecular complexity index is 580. The summed E-state index contributed by atoms with van der Waals surface area (Å²) >= 11 is 0. The van der Waals surface area contributed by atoms with Crippen LogP contribution in [0.15, 0.2) is 28.8 Å². The first-order valence-corrected chi connectivity index (χ1v) is 6.46. The molecule has 106 valence electrons. The first kappa shape index (κ1) is 14.1. The lowest BCUT2D eigenvalue weighted by Gasteiger charge is -2.03. The highest BCUT2D eigenvalue weighted by atomic mass is 16.6. The minimum Gasteiger partial charge on any atom is -0.337 e. The highest BCUT2D eigenvalue weighted by Gasteiger charge is 2.15. The number of nitrogens with two attached hydrogens (primary N) is 1. The molecule has 0 fully saturated rings. The standard InChI is InChI=1S/C13H16N4O3/c1-2-3-4-11(14)13-15-12(16-20-13)9-5-7-10(8-6-9)17(18)19/h5-8,11H,2-4,14H2,1H3. The fourth-order valence-corrected chi connectivity index (χ4v) is 1.78. The second-order valence-electron chi connectivity index (χ2n) is 4.51. The summed E-state index contributed by atoms with van der Waals surface area (Å²) in [7, 11) is 0. The Kier molecular flexibility index (Phi) is 4.41. The number of unbranched alkanes of at least 4 members (excludes halogenated alkanes) is 1. The van der Waals surface area contributed by atoms with E-state index >= 15 is 0 Å². The van der Waals surface area contributed by atoms with Crippen LogP contribution >= 0.6 is 0 Å². The van der Waals surface area contributed by atoms with Crippen molar-refractivity contribution in [2.75, 3.05) is 0 Å². The topological polar surface area (TPSA) is 108 Å². The van der Waals surface area contributed by atoms with Crippen molar-refractivity contribution >= 4 is 5.69 Å². The Hall–Kier alpha value is -2.28. The number of benzene rings is 1. The van der Waals surface area contributed by atoms with Crippen LogP contribution in [0.25, 0.3) is 11.4 Å². The molecule has 1 heterocycles. The van der Waals surface area contributed by atoms with E-state index < -0.39 is 4.92 Å². The molecule has 2 rings (SSSR count). The van der Waals surface area contributed by atoms with Gasteiger partial charge in [0.2, 0.25) is 11.7 Å². The molecular weight excluding hydrogens is 260 g/mol. The van der Waals surface area contributed by atoms with Gasteiger partial charge in [0.15, 0.2) is 0 Å². The van der Waals surface area contributed by atoms with Crippen LogP contribution in [0.1, 0.15) is 38.1 Å². The van der Waals surface area contributed by atoms with Gasteiger partial charge < -0.3 is 10.3 Å². The first-order valence-electron chi connectivity index (χ1n) is 6.46. The molecule has 1 unspecified atom stereocenters. The summed E-state index contributed by atoms with van der Waals surface area (Å²) in [5, 5.41) is 14.4. The van der Waals surface area contributed by atoms with Gasteiger partial charge in [-0.1, -0.05) is 24.9 Å². The Morgan fingerprint density at radius 1 is 1.40 bits per heavy atom. The number of hydrogen-bond donors (Lipinski definition) is 1. The van der Waals surface area contributed by atoms with E-state index in [2.05, 4.69) is 17.1 Å². The first-order chi connectivity index (χ1) is 9.61. The van der Waals surface area contributed by atoms with Crippen molar-refractivity contribution in [3.63, 3.8) is 0 Å². The summed E-state index contributed by atoms with van der Waals surface area (Å²) in [5.41, 5.74) is 6.64. The number of rotatable bonds is 6. The SMILES string of the molecule is CCCCC(N)c1nc(-c2ccc([N+](=O)[O-])cc2)no1. The molecule has 1 atom stereocenters. The smallest absolute Gasteiger partial charge is 0.269 e. The van der Waals surface area contributed by atoms with E-state index in [-0.39, 0.29) is 11.7 Å². The van der Waals surface area contributed by atoms with Gasteiger partial charge in [0.05, 0.1) is 11.0 Å². The van der Waals surface area contributed by atoms with Crippen LogP contribution in [0.3, 0.4) is 0 Å². The molecule has 0 saturated carbocycles. The van der Waals surface area contributed by atoms with Gasteiger partial charge in [0.25, 0.3) is 5.69 Å². The summed E-state index contributed by atoms with van der Waals surface area (Å²) in [6.45, 7) is 2.09. The van der Waals surface area contributed by atoms with Crippen LogP contribution in [0.5, 0.6) is 0 Å². The average molecular weight is 276 g/mol. The molecule has 0 saturated heterocycles. The molecule has 0 aliphatic carbocycles. The summed E-state index contributed by atoms with van der Waals surface area (Å²) in [6.07, 6.45) is 2.84. The molecule has 0 spiro atoms. The second kappa shape index (κ2) is 6.25. The third kappa shape index (κ3) is 3.18. The van der Waals surface area contributed by atoms with Crippen molar-refractivity contribution in [2.45, 2.75) is 32.2 Å². The Labute approximate surface area is 115 Å². The van der Waals surface area contributed by atoms with E-state index in [0.29, 0.717) is 17.3 Å². The summed E-state index contributed by atoms with van der Waals surface area (Å²) in [5.74, 6) is 0.786. The van der Waals surface area contributed by atoms with Gasteiger partial charge in [-0.05, 0) is 18.6 Å². The van der Waals surface area contributed by atoms with Crippen molar-refractivity contribution in [3.05, 3.63) is 40.3 Å². The lowest BCUT2D eigenvalue weighted by atomic mass is 10.1. The zero-order valence-corrected chi connectivity index (χ0v) is 11.2. The summed E-state index contributed by atoms with van der Waals surface area (Å²) < 4.78 is 5.14. The Morgan fingerprint density at radius 3 is 2.70 bits per heavy atom. The molecular formula is C13H16N4O3. The molecule has 0 aliphatic heterocycles. The van der Waals surface area contributed by atoms with Gasteiger partial charge in [-0.25, -0.2) is 0 Å². The van der Waals surface area contributed by atoms with Crippen LogP contribution in [0.2, 0.25) is 0 Å². The van der Waals surface area contributed by atoms with E-state index in [1.54, 1.807) is 12.1 Å². The van der Waals surface area contributed by atoms with Gasteiger partial charge in [-0.3, -0.25) is 10.1 Å². The van der Waals surface area contributed by atoms with Crippen molar-refractivity contribution < 1.29 is 9.45 Å². The third-order valence-electron chi connectivity index (χ3n) is 2.96. The molecule has 0 aliphatic rings. The fraction of sp³-hybridized carbons (Fsp3) is 0.385. The maximum Gasteiger partial charge on any atom is 0.269 e. The molecule has 1 aromatic carbocycles. The summed E-state index contributed by atoms with van der Waals surface area (Å²) in [4.78, 5) is 14.4. The van der Waals surface area contributed by atoms with Gasteiger partial charge in [0, 0.05) is 17.7 Å². The number of nitrogens with zero attached hydrogens (tertiary/aromatic N) is 3. The van der Waals surface area contributed by atoms with Crippen molar-refractivity contribution in [3.8, 4) is 11.4 Å². The zero-order chi connectivity index (χ0) is 14.5. The van der Waals surface area contributed by atoms with Crippen LogP contribution in [-0.4, -0.2) is 15.1 Å². The van der Waals surface area contributed by atoms with Gasteiger partial charge in [0.1, 0.15) is 0 Å². The maximum atomic E-state index is 10.6. The van der Waals surface area contributed by atoms with Crippen molar-refractivity contribution in [1.29, 1.82) is 0 Å². The molecule has 0 radical (unpaired) electrons. The lowest BCUT2D eigenvalue weighted by Crippen LogP contribution is -2.10. The monoisotopic (exact) mass is 276 g/mol. The molecule has 1 aromatic heterocycles. The van der Waals surface area contributed by atoms with Gasteiger partial charge >= 0.3 is 0 Å². The van der Waals surface area contributed by atoms with Crippen LogP contribution in [-0.2, 0) is 0 Å². The second-order valence-corrected chi connectivity index (χ2v) is 4.51. The minimum atomic E-state index is -0.452. The van der Waals surface area contributed by atoms with Crippen molar-refractivity contribution in [1.82, 2.24) is 10.1 Å². The number of hydrogen-bond acceptors (Lipinski definition) is 6. The normalized spacial score (nSPS) is 12.3. The van der Waals surface area contributed by atoms with E-state index in [0.717, 1.165) is 19.3 Å². The molecule has 7 heteroatoms. The Balaban J connectivity index is 2.13. The molecule has 0 bridgehead atoms. The Morgan fingerprint density at radius 2 is 2.10 bits per heavy atom. The number of aromatic nitrogens is 2. The third-order valence-corrected chi connectivity index (χ3v) is 2.96. The molecule has 0 amide bonds. The van der Waals surface area contributed by atoms with E-state index in [1.807, 2.05) is 0 Å². The highest BCUT2D eigenvalue weighted by molar-refractivity contribution is 5.56. The van der Waals surface area contributed by atoms with E-state index in [1.165, 1.54) is 12.1 Å². The predicted molar refractivity (Wildman–Crippen MR) is 72.8 cm³/mol. The minimum absolute atomic E-state index is 0.0251. The van der Waals surface area contributed by atoms with Crippen molar-refractivity contribution in [2.24, 2.45) is 5.73 Å². The molecule has 20 heavy (non-hydrogen) atoms. The van der Waals surface area contributed by atoms with Gasteiger partial charge in [-0.15, -0.1) is 0 Å². The van der Waals surface area contributed by atoms with Gasteiger partial charge in [-0.2, -0.15) is 4.98 Å². The molecule has 2 N–H and O–H groups in total. The average Bonchev–Trinajstić information content (AvgIpc) is 2.94. The quantitative estimate of drug-likeness (QED) is 0.642. The predicted octanol–water partition coefficient (Wildman–Crippen LogP) is 2.83. The number of non-ortho nitro benzene ring substituents is 1. The summed E-state index contributed by atoms with van der Waals surface area (Å²) in [6, 6.07) is 5.72. The van der Waals surface area contributed by atoms with Crippen LogP contribution in [0.4, 0.5) is 5.69 Å². The fourth-order valence-electron chi connectivity index (χ4n) is 1.78. The highest BCUT2D eigenvalue weighted by Crippen LogP contribution is 2.22. The molecule has 2 aromatic rings. The largest absolute Gasteiger partial charge is 0.337 e. The molecule has 7 nitrogen and oxygen atoms in total. The van der Waals surface area contributed by atoms with E-state index in [4.69, 9.17) is 10.3 Å². The maximum absolute atomic E-state index is 10.6. The number of nitro benzene ring substituents is 1. The van der Waals surface area contributed by atoms with Crippen LogP contribution < -0.4 is 5.73 Å². The zero-order valence-electron chi connectivity index (χ0n) is 11.2.